The van der Waals surface area contributed by atoms with E-state index in [0.717, 1.165) is 25.9 Å². The van der Waals surface area contributed by atoms with Crippen molar-refractivity contribution in [2.75, 3.05) is 19.7 Å². The lowest BCUT2D eigenvalue weighted by molar-refractivity contribution is -0.0903. The molecule has 0 aliphatic carbocycles. The third-order valence-corrected chi connectivity index (χ3v) is 8.71. The van der Waals surface area contributed by atoms with Crippen molar-refractivity contribution in [3.05, 3.63) is 0 Å². The highest BCUT2D eigenvalue weighted by atomic mass is 28.3. The van der Waals surface area contributed by atoms with E-state index in [9.17, 15) is 4.79 Å². The van der Waals surface area contributed by atoms with Gasteiger partial charge in [0, 0.05) is 19.0 Å². The molecule has 1 aliphatic heterocycles. The summed E-state index contributed by atoms with van der Waals surface area (Å²) in [6.07, 6.45) is 18.8. The van der Waals surface area contributed by atoms with Crippen LogP contribution in [-0.4, -0.2) is 52.1 Å². The number of ether oxygens (including phenoxy) is 2. The van der Waals surface area contributed by atoms with E-state index in [1.807, 2.05) is 6.92 Å². The first-order valence-electron chi connectivity index (χ1n) is 15.5. The first kappa shape index (κ1) is 33.4. The SMILES string of the molecule is CCCCCCCCCCCCC(C(O[SiH](C)C)N1CCC(OC(=O)OCC)CC1)C(C)(C)CCC. The molecule has 2 atom stereocenters. The highest BCUT2D eigenvalue weighted by Crippen LogP contribution is 2.41. The molecule has 6 heteroatoms. The average Bonchev–Trinajstić information content (AvgIpc) is 2.82. The summed E-state index contributed by atoms with van der Waals surface area (Å²) in [5.41, 5.74) is 0.250. The van der Waals surface area contributed by atoms with E-state index in [4.69, 9.17) is 13.9 Å². The van der Waals surface area contributed by atoms with Gasteiger partial charge >= 0.3 is 6.16 Å². The zero-order valence-corrected chi connectivity index (χ0v) is 26.3. The van der Waals surface area contributed by atoms with Crippen LogP contribution in [-0.2, 0) is 13.9 Å². The Labute approximate surface area is 226 Å². The number of likely N-dealkylation sites (tertiary alicyclic amines) is 1. The molecule has 0 N–H and O–H groups in total. The number of piperidine rings is 1. The molecule has 2 unspecified atom stereocenters. The highest BCUT2D eigenvalue weighted by molar-refractivity contribution is 6.48. The normalized spacial score (nSPS) is 17.3. The summed E-state index contributed by atoms with van der Waals surface area (Å²) in [4.78, 5) is 14.3. The van der Waals surface area contributed by atoms with Crippen LogP contribution in [0.1, 0.15) is 131 Å². The minimum atomic E-state index is -1.21. The Morgan fingerprint density at radius 1 is 0.889 bits per heavy atom. The number of hydrogen-bond donors (Lipinski definition) is 0. The predicted octanol–water partition coefficient (Wildman–Crippen LogP) is 8.70. The molecule has 1 heterocycles. The van der Waals surface area contributed by atoms with Crippen LogP contribution in [0, 0.1) is 11.3 Å². The fourth-order valence-electron chi connectivity index (χ4n) is 5.85. The Balaban J connectivity index is 2.68. The summed E-state index contributed by atoms with van der Waals surface area (Å²) < 4.78 is 17.3. The van der Waals surface area contributed by atoms with Gasteiger partial charge in [-0.05, 0) is 51.1 Å². The van der Waals surface area contributed by atoms with Crippen LogP contribution in [0.3, 0.4) is 0 Å². The summed E-state index contributed by atoms with van der Waals surface area (Å²) in [7, 11) is -1.21. The highest BCUT2D eigenvalue weighted by Gasteiger charge is 2.40. The van der Waals surface area contributed by atoms with Gasteiger partial charge in [-0.15, -0.1) is 0 Å². The van der Waals surface area contributed by atoms with Gasteiger partial charge in [-0.25, -0.2) is 4.79 Å². The zero-order chi connectivity index (χ0) is 26.8. The lowest BCUT2D eigenvalue weighted by Gasteiger charge is -2.47. The first-order valence-corrected chi connectivity index (χ1v) is 18.3. The quantitative estimate of drug-likeness (QED) is 0.0900. The number of unbranched alkanes of at least 4 members (excludes halogenated alkanes) is 9. The van der Waals surface area contributed by atoms with Crippen LogP contribution in [0.4, 0.5) is 4.79 Å². The van der Waals surface area contributed by atoms with Crippen molar-refractivity contribution < 1.29 is 18.7 Å². The van der Waals surface area contributed by atoms with Crippen molar-refractivity contribution in [1.29, 1.82) is 0 Å². The van der Waals surface area contributed by atoms with Gasteiger partial charge in [-0.1, -0.05) is 98.3 Å². The Kier molecular flexibility index (Phi) is 18.1. The summed E-state index contributed by atoms with van der Waals surface area (Å²) in [6.45, 7) is 18.1. The monoisotopic (exact) mass is 527 g/mol. The average molecular weight is 528 g/mol. The van der Waals surface area contributed by atoms with Crippen LogP contribution >= 0.6 is 0 Å². The van der Waals surface area contributed by atoms with Crippen LogP contribution in [0.2, 0.25) is 13.1 Å². The maximum absolute atomic E-state index is 11.8. The summed E-state index contributed by atoms with van der Waals surface area (Å²) >= 11 is 0. The van der Waals surface area contributed by atoms with Crippen LogP contribution in [0.15, 0.2) is 0 Å². The third kappa shape index (κ3) is 13.8. The van der Waals surface area contributed by atoms with Crippen molar-refractivity contribution in [3.8, 4) is 0 Å². The largest absolute Gasteiger partial charge is 0.508 e. The zero-order valence-electron chi connectivity index (χ0n) is 25.1. The molecule has 1 saturated heterocycles. The van der Waals surface area contributed by atoms with Gasteiger partial charge < -0.3 is 13.9 Å². The lowest BCUT2D eigenvalue weighted by atomic mass is 9.71. The fourth-order valence-corrected chi connectivity index (χ4v) is 6.77. The summed E-state index contributed by atoms with van der Waals surface area (Å²) in [5, 5.41) is 0. The topological polar surface area (TPSA) is 48.0 Å². The van der Waals surface area contributed by atoms with E-state index in [-0.39, 0.29) is 17.7 Å². The van der Waals surface area contributed by atoms with Crippen LogP contribution < -0.4 is 0 Å². The second-order valence-corrected chi connectivity index (χ2v) is 14.3. The molecule has 1 rings (SSSR count). The predicted molar refractivity (Wildman–Crippen MR) is 155 cm³/mol. The van der Waals surface area contributed by atoms with E-state index in [2.05, 4.69) is 45.7 Å². The van der Waals surface area contributed by atoms with Gasteiger partial charge in [0.2, 0.25) is 0 Å². The standard InChI is InChI=1S/C30H61NO4Si/c1-8-11-12-13-14-15-16-17-18-19-20-27(30(4,5)23-9-2)28(35-36(6)7)31-24-21-26(22-25-31)34-29(32)33-10-3/h26-28,36H,8-25H2,1-7H3. The van der Waals surface area contributed by atoms with E-state index in [1.165, 1.54) is 83.5 Å². The third-order valence-electron chi connectivity index (χ3n) is 7.88. The molecule has 0 aromatic carbocycles. The van der Waals surface area contributed by atoms with Gasteiger partial charge in [-0.3, -0.25) is 4.90 Å². The van der Waals surface area contributed by atoms with Gasteiger partial charge in [0.25, 0.3) is 0 Å². The van der Waals surface area contributed by atoms with E-state index in [1.54, 1.807) is 0 Å². The maximum atomic E-state index is 11.8. The molecular weight excluding hydrogens is 466 g/mol. The molecule has 0 radical (unpaired) electrons. The van der Waals surface area contributed by atoms with E-state index >= 15 is 0 Å². The molecule has 1 aliphatic rings. The number of carbonyl (C=O) groups excluding carboxylic acids is 1. The molecule has 0 aromatic rings. The van der Waals surface area contributed by atoms with Crippen molar-refractivity contribution in [2.45, 2.75) is 156 Å². The number of rotatable bonds is 20. The Bertz CT molecular complexity index is 549. The molecule has 36 heavy (non-hydrogen) atoms. The maximum Gasteiger partial charge on any atom is 0.508 e. The van der Waals surface area contributed by atoms with Crippen molar-refractivity contribution >= 4 is 15.2 Å². The Hall–Kier alpha value is -0.593. The van der Waals surface area contributed by atoms with Crippen molar-refractivity contribution in [1.82, 2.24) is 4.90 Å². The lowest BCUT2D eigenvalue weighted by Crippen LogP contribution is -2.52. The van der Waals surface area contributed by atoms with Gasteiger partial charge in [0.15, 0.2) is 9.04 Å². The minimum absolute atomic E-state index is 0.0404. The molecule has 0 spiro atoms. The Morgan fingerprint density at radius 2 is 1.44 bits per heavy atom. The fraction of sp³-hybridized carbons (Fsp3) is 0.967. The smallest absolute Gasteiger partial charge is 0.435 e. The van der Waals surface area contributed by atoms with Crippen LogP contribution in [0.25, 0.3) is 0 Å². The summed E-state index contributed by atoms with van der Waals surface area (Å²) in [6, 6.07) is 0. The summed E-state index contributed by atoms with van der Waals surface area (Å²) in [5.74, 6) is 0.531. The minimum Gasteiger partial charge on any atom is -0.435 e. The molecule has 5 nitrogen and oxygen atoms in total. The molecule has 214 valence electrons. The molecule has 1 fully saturated rings. The second kappa shape index (κ2) is 19.5. The molecule has 0 saturated carbocycles. The number of nitrogens with zero attached hydrogens (tertiary/aromatic N) is 1. The van der Waals surface area contributed by atoms with E-state index in [0.29, 0.717) is 12.5 Å². The number of carbonyl (C=O) groups is 1. The van der Waals surface area contributed by atoms with E-state index < -0.39 is 15.2 Å². The van der Waals surface area contributed by atoms with Gasteiger partial charge in [0.05, 0.1) is 6.61 Å². The molecule has 0 bridgehead atoms. The number of hydrogen-bond acceptors (Lipinski definition) is 5. The Morgan fingerprint density at radius 3 is 1.94 bits per heavy atom. The molecular formula is C30H61NO4Si. The molecule has 0 amide bonds. The van der Waals surface area contributed by atoms with Crippen molar-refractivity contribution in [2.24, 2.45) is 11.3 Å². The molecule has 0 aromatic heterocycles. The second-order valence-electron chi connectivity index (χ2n) is 11.9. The van der Waals surface area contributed by atoms with Crippen LogP contribution in [0.5, 0.6) is 0 Å². The first-order chi connectivity index (χ1) is 17.2. The van der Waals surface area contributed by atoms with Crippen molar-refractivity contribution in [3.63, 3.8) is 0 Å². The van der Waals surface area contributed by atoms with Gasteiger partial charge in [-0.2, -0.15) is 0 Å². The van der Waals surface area contributed by atoms with Gasteiger partial charge in [0.1, 0.15) is 12.3 Å².